The lowest BCUT2D eigenvalue weighted by Gasteiger charge is -2.31. The molecule has 1 amide bonds. The Bertz CT molecular complexity index is 1650. The molecule has 1 aliphatic heterocycles. The Morgan fingerprint density at radius 3 is 2.38 bits per heavy atom. The van der Waals surface area contributed by atoms with Gasteiger partial charge in [-0.1, -0.05) is 60.7 Å². The number of nitrogens with zero attached hydrogens (tertiary/aromatic N) is 4. The highest BCUT2D eigenvalue weighted by molar-refractivity contribution is 7.70. The normalized spacial score (nSPS) is 14.5. The molecule has 0 spiro atoms. The van der Waals surface area contributed by atoms with Crippen molar-refractivity contribution >= 4 is 35.3 Å². The maximum Gasteiger partial charge on any atom is 0.274 e. The monoisotopic (exact) mass is 516 g/mol. The van der Waals surface area contributed by atoms with Crippen LogP contribution in [0.25, 0.3) is 10.8 Å². The number of carbonyl (C=O) groups is 1. The minimum Gasteiger partial charge on any atom is -0.505 e. The molecule has 0 saturated carbocycles. The van der Waals surface area contributed by atoms with Crippen molar-refractivity contribution in [2.24, 2.45) is 10.2 Å². The smallest absolute Gasteiger partial charge is 0.274 e. The van der Waals surface area contributed by atoms with Crippen LogP contribution in [0.1, 0.15) is 21.6 Å². The molecule has 9 heteroatoms. The minimum atomic E-state index is -2.52. The molecule has 0 saturated heterocycles. The summed E-state index contributed by atoms with van der Waals surface area (Å²) in [7, 11) is -2.52. The number of rotatable bonds is 5. The third-order valence-corrected chi connectivity index (χ3v) is 7.98. The second kappa shape index (κ2) is 9.79. The first kappa shape index (κ1) is 24.7. The van der Waals surface area contributed by atoms with Crippen molar-refractivity contribution in [2.75, 3.05) is 19.9 Å². The highest BCUT2D eigenvalue weighted by Gasteiger charge is 2.29. The number of carbonyl (C=O) groups excluding carboxylic acids is 1. The van der Waals surface area contributed by atoms with E-state index in [4.69, 9.17) is 0 Å². The van der Waals surface area contributed by atoms with Gasteiger partial charge in [-0.2, -0.15) is 5.10 Å². The number of hydrogen-bond acceptors (Lipinski definition) is 5. The Balaban J connectivity index is 1.60. The Morgan fingerprint density at radius 1 is 0.973 bits per heavy atom. The number of fused-ring (bicyclic) bond motifs is 2. The molecule has 37 heavy (non-hydrogen) atoms. The van der Waals surface area contributed by atoms with Crippen molar-refractivity contribution in [3.8, 4) is 5.75 Å². The van der Waals surface area contributed by atoms with Gasteiger partial charge in [0.25, 0.3) is 5.91 Å². The van der Waals surface area contributed by atoms with E-state index in [1.165, 1.54) is 12.1 Å². The van der Waals surface area contributed by atoms with E-state index in [1.54, 1.807) is 53.3 Å². The van der Waals surface area contributed by atoms with Gasteiger partial charge >= 0.3 is 0 Å². The van der Waals surface area contributed by atoms with Crippen LogP contribution in [0.4, 0.5) is 4.39 Å². The van der Waals surface area contributed by atoms with E-state index >= 15 is 0 Å². The summed E-state index contributed by atoms with van der Waals surface area (Å²) >= 11 is 0. The van der Waals surface area contributed by atoms with Gasteiger partial charge in [-0.3, -0.25) is 4.79 Å². The van der Waals surface area contributed by atoms with E-state index in [0.717, 1.165) is 5.56 Å². The Kier molecular flexibility index (Phi) is 6.52. The van der Waals surface area contributed by atoms with Gasteiger partial charge in [-0.05, 0) is 31.0 Å². The molecular weight excluding hydrogens is 490 g/mol. The van der Waals surface area contributed by atoms with Crippen molar-refractivity contribution < 1.29 is 18.9 Å². The largest absolute Gasteiger partial charge is 0.505 e. The third kappa shape index (κ3) is 4.85. The number of pyridine rings is 1. The molecule has 1 N–H and O–H groups in total. The van der Waals surface area contributed by atoms with E-state index < -0.39 is 7.14 Å². The molecule has 3 aromatic carbocycles. The summed E-state index contributed by atoms with van der Waals surface area (Å²) in [6.07, 6.45) is 1.56. The Labute approximate surface area is 213 Å². The van der Waals surface area contributed by atoms with Gasteiger partial charge in [-0.15, -0.1) is 5.10 Å². The van der Waals surface area contributed by atoms with Crippen LogP contribution in [-0.2, 0) is 17.7 Å². The van der Waals surface area contributed by atoms with Crippen LogP contribution in [0.2, 0.25) is 0 Å². The highest BCUT2D eigenvalue weighted by atomic mass is 31.2. The molecule has 2 heterocycles. The molecule has 0 bridgehead atoms. The SMILES string of the molecule is CP(C)(=O)c1ccccc1/C=N\N=c1\c2ccccc2c(O)c2n1CCN(Cc1ccc(F)cc1)C2=O. The number of aromatic hydroxyl groups is 1. The maximum atomic E-state index is 13.5. The molecule has 5 rings (SSSR count). The van der Waals surface area contributed by atoms with Crippen LogP contribution in [-0.4, -0.2) is 46.6 Å². The summed E-state index contributed by atoms with van der Waals surface area (Å²) in [6.45, 7) is 4.49. The third-order valence-electron chi connectivity index (χ3n) is 6.41. The predicted molar refractivity (Wildman–Crippen MR) is 143 cm³/mol. The molecule has 188 valence electrons. The molecular formula is C28H26FN4O3P. The van der Waals surface area contributed by atoms with E-state index in [-0.39, 0.29) is 23.2 Å². The maximum absolute atomic E-state index is 13.5. The van der Waals surface area contributed by atoms with Crippen LogP contribution in [0, 0.1) is 5.82 Å². The lowest BCUT2D eigenvalue weighted by atomic mass is 10.1. The molecule has 1 aliphatic rings. The van der Waals surface area contributed by atoms with E-state index in [9.17, 15) is 18.9 Å². The van der Waals surface area contributed by atoms with E-state index in [0.29, 0.717) is 46.8 Å². The average molecular weight is 517 g/mol. The topological polar surface area (TPSA) is 87.3 Å². The first-order chi connectivity index (χ1) is 17.7. The molecule has 4 aromatic rings. The number of halogens is 1. The first-order valence-electron chi connectivity index (χ1n) is 11.8. The number of hydrogen-bond donors (Lipinski definition) is 1. The van der Waals surface area contributed by atoms with E-state index in [1.807, 2.05) is 36.4 Å². The Hall–Kier alpha value is -4.03. The fourth-order valence-electron chi connectivity index (χ4n) is 4.60. The van der Waals surface area contributed by atoms with Crippen molar-refractivity contribution in [1.82, 2.24) is 9.47 Å². The van der Waals surface area contributed by atoms with Crippen molar-refractivity contribution in [3.05, 3.63) is 101 Å². The summed E-state index contributed by atoms with van der Waals surface area (Å²) in [5.74, 6) is -0.799. The molecule has 0 radical (unpaired) electrons. The zero-order valence-corrected chi connectivity index (χ0v) is 21.4. The van der Waals surface area contributed by atoms with Crippen LogP contribution in [0.3, 0.4) is 0 Å². The van der Waals surface area contributed by atoms with Crippen LogP contribution in [0.15, 0.2) is 83.0 Å². The fraction of sp³-hybridized carbons (Fsp3) is 0.179. The lowest BCUT2D eigenvalue weighted by molar-refractivity contribution is 0.0682. The van der Waals surface area contributed by atoms with E-state index in [2.05, 4.69) is 10.2 Å². The molecule has 1 aromatic heterocycles. The first-order valence-corrected chi connectivity index (χ1v) is 14.4. The summed E-state index contributed by atoms with van der Waals surface area (Å²) in [5.41, 5.74) is 2.08. The summed E-state index contributed by atoms with van der Waals surface area (Å²) in [4.78, 5) is 15.1. The van der Waals surface area contributed by atoms with Crippen molar-refractivity contribution in [3.63, 3.8) is 0 Å². The van der Waals surface area contributed by atoms with Gasteiger partial charge in [-0.25, -0.2) is 4.39 Å². The summed E-state index contributed by atoms with van der Waals surface area (Å²) in [5, 5.41) is 21.8. The second-order valence-corrected chi connectivity index (χ2v) is 12.5. The second-order valence-electron chi connectivity index (χ2n) is 9.33. The van der Waals surface area contributed by atoms with Crippen molar-refractivity contribution in [2.45, 2.75) is 13.1 Å². The molecule has 0 aliphatic carbocycles. The van der Waals surface area contributed by atoms with Crippen LogP contribution < -0.4 is 10.8 Å². The Morgan fingerprint density at radius 2 is 1.65 bits per heavy atom. The van der Waals surface area contributed by atoms with Crippen LogP contribution >= 0.6 is 7.14 Å². The van der Waals surface area contributed by atoms with Gasteiger partial charge in [0.1, 0.15) is 13.0 Å². The minimum absolute atomic E-state index is 0.115. The highest BCUT2D eigenvalue weighted by Crippen LogP contribution is 2.35. The van der Waals surface area contributed by atoms with Crippen molar-refractivity contribution in [1.29, 1.82) is 0 Å². The predicted octanol–water partition coefficient (Wildman–Crippen LogP) is 4.32. The molecule has 7 nitrogen and oxygen atoms in total. The lowest BCUT2D eigenvalue weighted by Crippen LogP contribution is -2.44. The number of aromatic nitrogens is 1. The number of benzene rings is 3. The zero-order chi connectivity index (χ0) is 26.2. The standard InChI is InChI=1S/C28H26FN4O3P/c1-37(2,36)24-10-6-3-7-20(24)17-30-31-27-23-9-5-4-8-22(23)26(34)25-28(35)32(15-16-33(25)27)18-19-11-13-21(29)14-12-19/h3-14,17,34H,15-16,18H2,1-2H3/b30-17-,31-27-. The average Bonchev–Trinajstić information content (AvgIpc) is 2.88. The van der Waals surface area contributed by atoms with Gasteiger partial charge in [0.15, 0.2) is 16.9 Å². The molecule has 0 atom stereocenters. The fourth-order valence-corrected chi connectivity index (χ4v) is 5.80. The van der Waals surface area contributed by atoms with Gasteiger partial charge in [0.2, 0.25) is 0 Å². The van der Waals surface area contributed by atoms with Gasteiger partial charge < -0.3 is 19.1 Å². The number of amides is 1. The quantitative estimate of drug-likeness (QED) is 0.244. The van der Waals surface area contributed by atoms with Crippen LogP contribution in [0.5, 0.6) is 5.75 Å². The summed E-state index contributed by atoms with van der Waals surface area (Å²) < 4.78 is 27.7. The molecule has 0 fully saturated rings. The zero-order valence-electron chi connectivity index (χ0n) is 20.5. The van der Waals surface area contributed by atoms with Gasteiger partial charge in [0, 0.05) is 41.3 Å². The van der Waals surface area contributed by atoms with Gasteiger partial charge in [0.05, 0.1) is 6.21 Å². The summed E-state index contributed by atoms with van der Waals surface area (Å²) in [6, 6.07) is 20.5. The molecule has 0 unspecified atom stereocenters.